The van der Waals surface area contributed by atoms with Crippen molar-refractivity contribution in [2.45, 2.75) is 24.7 Å². The van der Waals surface area contributed by atoms with E-state index in [0.717, 1.165) is 22.3 Å². The van der Waals surface area contributed by atoms with Crippen molar-refractivity contribution in [2.24, 2.45) is 11.8 Å². The van der Waals surface area contributed by atoms with Crippen LogP contribution in [0.25, 0.3) is 0 Å². The number of carbonyl (C=O) groups is 3. The van der Waals surface area contributed by atoms with Crippen LogP contribution in [0.1, 0.15) is 46.5 Å². The molecule has 0 unspecified atom stereocenters. The van der Waals surface area contributed by atoms with Crippen LogP contribution in [0.5, 0.6) is 0 Å². The number of imide groups is 1. The Bertz CT molecular complexity index is 1310. The molecule has 1 saturated heterocycles. The van der Waals surface area contributed by atoms with Crippen LogP contribution in [0.2, 0.25) is 5.02 Å². The topological polar surface area (TPSA) is 63.7 Å². The first-order chi connectivity index (χ1) is 16.3. The lowest BCUT2D eigenvalue weighted by Gasteiger charge is -2.57. The summed E-state index contributed by atoms with van der Waals surface area (Å²) < 4.78 is 4.83. The molecule has 0 N–H and O–H groups in total. The minimum absolute atomic E-state index is 0.115. The molecule has 5 nitrogen and oxygen atoms in total. The number of halogens is 1. The van der Waals surface area contributed by atoms with E-state index in [-0.39, 0.29) is 22.4 Å². The Morgan fingerprint density at radius 3 is 1.68 bits per heavy atom. The summed E-state index contributed by atoms with van der Waals surface area (Å²) >= 11 is 6.20. The number of methoxy groups -OCH3 is 1. The Balaban J connectivity index is 1.59. The van der Waals surface area contributed by atoms with Crippen LogP contribution < -0.4 is 4.90 Å². The fourth-order valence-corrected chi connectivity index (χ4v) is 6.94. The third kappa shape index (κ3) is 2.28. The van der Waals surface area contributed by atoms with Gasteiger partial charge >= 0.3 is 5.97 Å². The van der Waals surface area contributed by atoms with Crippen LogP contribution in [0.4, 0.5) is 5.69 Å². The van der Waals surface area contributed by atoms with E-state index in [0.29, 0.717) is 5.69 Å². The number of hydrogen-bond donors (Lipinski definition) is 0. The molecule has 34 heavy (non-hydrogen) atoms. The quantitative estimate of drug-likeness (QED) is 0.395. The van der Waals surface area contributed by atoms with E-state index in [9.17, 15) is 14.4 Å². The molecular formula is C28H22ClNO4. The molecule has 3 aromatic rings. The van der Waals surface area contributed by atoms with Gasteiger partial charge in [-0.1, -0.05) is 74.0 Å². The molecule has 6 heteroatoms. The SMILES string of the molecule is COC(=O)c1cc(N2C(=O)[C@@H]3[C@@H](C2=O)C2(C)c4ccccc4C3(C)c3ccccc32)ccc1Cl. The van der Waals surface area contributed by atoms with Crippen LogP contribution in [0.15, 0.2) is 66.7 Å². The van der Waals surface area contributed by atoms with E-state index < -0.39 is 28.6 Å². The van der Waals surface area contributed by atoms with Gasteiger partial charge in [-0.15, -0.1) is 0 Å². The van der Waals surface area contributed by atoms with Crippen LogP contribution in [0.3, 0.4) is 0 Å². The zero-order valence-electron chi connectivity index (χ0n) is 19.0. The number of benzene rings is 3. The van der Waals surface area contributed by atoms with Gasteiger partial charge in [0.25, 0.3) is 0 Å². The first-order valence-electron chi connectivity index (χ1n) is 11.2. The maximum absolute atomic E-state index is 14.1. The molecule has 0 radical (unpaired) electrons. The Labute approximate surface area is 202 Å². The standard InChI is InChI=1S/C28H22ClNO4/c1-27-17-8-4-6-10-19(17)28(2,20-11-7-5-9-18(20)27)23-22(27)24(31)30(25(23)32)15-12-13-21(29)16(14-15)26(33)34-3/h4-14,22-23H,1-3H3/t22-,23-,27?,28?/m0/s1. The normalized spacial score (nSPS) is 28.4. The lowest BCUT2D eigenvalue weighted by atomic mass is 9.42. The summed E-state index contributed by atoms with van der Waals surface area (Å²) in [4.78, 5) is 41.7. The fraction of sp³-hybridized carbons (Fsp3) is 0.250. The van der Waals surface area contributed by atoms with Crippen LogP contribution in [0, 0.1) is 11.8 Å². The van der Waals surface area contributed by atoms with Gasteiger partial charge in [-0.3, -0.25) is 9.59 Å². The van der Waals surface area contributed by atoms with E-state index in [1.165, 1.54) is 24.1 Å². The largest absolute Gasteiger partial charge is 0.465 e. The Morgan fingerprint density at radius 2 is 1.26 bits per heavy atom. The molecule has 3 aliphatic carbocycles. The number of amides is 2. The lowest BCUT2D eigenvalue weighted by molar-refractivity contribution is -0.124. The highest BCUT2D eigenvalue weighted by Gasteiger charge is 2.70. The van der Waals surface area contributed by atoms with Gasteiger partial charge < -0.3 is 4.74 Å². The van der Waals surface area contributed by atoms with Gasteiger partial charge in [0.15, 0.2) is 0 Å². The van der Waals surface area contributed by atoms with Crippen LogP contribution in [-0.4, -0.2) is 24.9 Å². The van der Waals surface area contributed by atoms with Gasteiger partial charge in [-0.2, -0.15) is 0 Å². The van der Waals surface area contributed by atoms with Gasteiger partial charge in [-0.25, -0.2) is 9.69 Å². The Morgan fingerprint density at radius 1 is 0.824 bits per heavy atom. The minimum atomic E-state index is -0.658. The molecule has 0 saturated carbocycles. The van der Waals surface area contributed by atoms with Gasteiger partial charge in [0, 0.05) is 10.8 Å². The van der Waals surface area contributed by atoms with Crippen LogP contribution >= 0.6 is 11.6 Å². The fourth-order valence-electron chi connectivity index (χ4n) is 6.74. The monoisotopic (exact) mass is 471 g/mol. The molecule has 7 rings (SSSR count). The van der Waals surface area contributed by atoms with Gasteiger partial charge in [-0.05, 0) is 40.5 Å². The summed E-state index contributed by atoms with van der Waals surface area (Å²) in [7, 11) is 1.26. The van der Waals surface area contributed by atoms with Crippen molar-refractivity contribution in [3.8, 4) is 0 Å². The summed E-state index contributed by atoms with van der Waals surface area (Å²) in [6.45, 7) is 4.16. The van der Waals surface area contributed by atoms with Crippen molar-refractivity contribution in [3.05, 3.63) is 99.6 Å². The number of rotatable bonds is 2. The molecule has 0 spiro atoms. The third-order valence-corrected chi connectivity index (χ3v) is 8.59. The number of carbonyl (C=O) groups excluding carboxylic acids is 3. The molecule has 0 aromatic heterocycles. The predicted molar refractivity (Wildman–Crippen MR) is 128 cm³/mol. The number of esters is 1. The predicted octanol–water partition coefficient (Wildman–Crippen LogP) is 4.87. The molecule has 2 amide bonds. The average Bonchev–Trinajstić information content (AvgIpc) is 3.13. The van der Waals surface area contributed by atoms with Crippen molar-refractivity contribution in [1.82, 2.24) is 0 Å². The maximum atomic E-state index is 14.1. The summed E-state index contributed by atoms with van der Waals surface area (Å²) in [5, 5.41) is 0.200. The van der Waals surface area contributed by atoms with Crippen molar-refractivity contribution in [2.75, 3.05) is 12.0 Å². The zero-order valence-corrected chi connectivity index (χ0v) is 19.7. The maximum Gasteiger partial charge on any atom is 0.339 e. The summed E-state index contributed by atoms with van der Waals surface area (Å²) in [6.07, 6.45) is 0. The summed E-state index contributed by atoms with van der Waals surface area (Å²) in [6, 6.07) is 20.9. The van der Waals surface area contributed by atoms with Crippen molar-refractivity contribution in [3.63, 3.8) is 0 Å². The van der Waals surface area contributed by atoms with Gasteiger partial charge in [0.2, 0.25) is 11.8 Å². The first-order valence-corrected chi connectivity index (χ1v) is 11.6. The van der Waals surface area contributed by atoms with E-state index in [1.54, 1.807) is 6.07 Å². The summed E-state index contributed by atoms with van der Waals surface area (Å²) in [5.41, 5.74) is 3.49. The molecule has 1 heterocycles. The number of nitrogens with zero attached hydrogens (tertiary/aromatic N) is 1. The zero-order chi connectivity index (χ0) is 24.0. The highest BCUT2D eigenvalue weighted by atomic mass is 35.5. The second-order valence-corrected chi connectivity index (χ2v) is 10.0. The Hall–Kier alpha value is -3.44. The molecule has 2 atom stereocenters. The third-order valence-electron chi connectivity index (χ3n) is 8.26. The highest BCUT2D eigenvalue weighted by molar-refractivity contribution is 6.34. The van der Waals surface area contributed by atoms with Crippen molar-refractivity contribution >= 4 is 35.1 Å². The van der Waals surface area contributed by atoms with E-state index in [1.807, 2.05) is 24.3 Å². The lowest BCUT2D eigenvalue weighted by Crippen LogP contribution is -2.59. The van der Waals surface area contributed by atoms with E-state index in [4.69, 9.17) is 16.3 Å². The molecule has 2 bridgehead atoms. The van der Waals surface area contributed by atoms with Gasteiger partial charge in [0.05, 0.1) is 35.2 Å². The molecule has 4 aliphatic rings. The summed E-state index contributed by atoms with van der Waals surface area (Å²) in [5.74, 6) is -2.27. The van der Waals surface area contributed by atoms with E-state index in [2.05, 4.69) is 38.1 Å². The molecule has 1 aliphatic heterocycles. The molecule has 1 fully saturated rings. The molecule has 170 valence electrons. The number of ether oxygens (including phenoxy) is 1. The van der Waals surface area contributed by atoms with Crippen molar-refractivity contribution < 1.29 is 19.1 Å². The number of hydrogen-bond acceptors (Lipinski definition) is 4. The highest BCUT2D eigenvalue weighted by Crippen LogP contribution is 2.66. The first kappa shape index (κ1) is 21.1. The second-order valence-electron chi connectivity index (χ2n) is 9.62. The number of anilines is 1. The van der Waals surface area contributed by atoms with Crippen molar-refractivity contribution in [1.29, 1.82) is 0 Å². The molecular weight excluding hydrogens is 450 g/mol. The van der Waals surface area contributed by atoms with Crippen LogP contribution in [-0.2, 0) is 25.2 Å². The minimum Gasteiger partial charge on any atom is -0.465 e. The average molecular weight is 472 g/mol. The van der Waals surface area contributed by atoms with E-state index >= 15 is 0 Å². The Kier molecular flexibility index (Phi) is 4.22. The smallest absolute Gasteiger partial charge is 0.339 e. The van der Waals surface area contributed by atoms with Gasteiger partial charge in [0.1, 0.15) is 0 Å². The molecule has 3 aromatic carbocycles. The second kappa shape index (κ2) is 6.80.